The minimum absolute atomic E-state index is 1.06. The van der Waals surface area contributed by atoms with Gasteiger partial charge in [-0.3, -0.25) is 0 Å². The van der Waals surface area contributed by atoms with Gasteiger partial charge < -0.3 is 0 Å². The summed E-state index contributed by atoms with van der Waals surface area (Å²) in [5.41, 5.74) is 0. The minimum Gasteiger partial charge on any atom is -0.0882 e. The summed E-state index contributed by atoms with van der Waals surface area (Å²) in [6.07, 6.45) is 29.0. The molecule has 0 fully saturated rings. The van der Waals surface area contributed by atoms with Crippen molar-refractivity contribution in [2.45, 2.75) is 71.6 Å². The van der Waals surface area contributed by atoms with Gasteiger partial charge in [0.15, 0.2) is 0 Å². The molecule has 0 aromatic rings. The smallest absolute Gasteiger partial charge is 0.0169 e. The largest absolute Gasteiger partial charge is 0.0882 e. The minimum atomic E-state index is 1.06. The van der Waals surface area contributed by atoms with Crippen LogP contribution >= 0.6 is 0 Å². The molecule has 0 aliphatic heterocycles. The van der Waals surface area contributed by atoms with Gasteiger partial charge in [-0.15, -0.1) is 0 Å². The number of hydrogen-bond donors (Lipinski definition) is 0. The Balaban J connectivity index is 3.35. The first-order valence-electron chi connectivity index (χ1n) is 8.01. The molecule has 19 heavy (non-hydrogen) atoms. The summed E-state index contributed by atoms with van der Waals surface area (Å²) in [6.45, 7) is 4.46. The molecule has 0 N–H and O–H groups in total. The summed E-state index contributed by atoms with van der Waals surface area (Å²) in [6, 6.07) is 0. The fraction of sp³-hybridized carbons (Fsp3) is 0.579. The highest BCUT2D eigenvalue weighted by Gasteiger charge is 1.80. The first-order chi connectivity index (χ1) is 9.41. The molecule has 0 amide bonds. The van der Waals surface area contributed by atoms with E-state index in [9.17, 15) is 0 Å². The number of allylic oxidation sites excluding steroid dienone is 8. The van der Waals surface area contributed by atoms with Crippen molar-refractivity contribution in [3.05, 3.63) is 48.6 Å². The first kappa shape index (κ1) is 18.0. The van der Waals surface area contributed by atoms with Crippen LogP contribution in [0.15, 0.2) is 48.6 Å². The zero-order valence-corrected chi connectivity index (χ0v) is 13.0. The number of unbranched alkanes of at least 4 members (excludes halogenated alkanes) is 4. The Labute approximate surface area is 121 Å². The fourth-order valence-electron chi connectivity index (χ4n) is 1.73. The molecule has 0 unspecified atom stereocenters. The predicted molar refractivity (Wildman–Crippen MR) is 89.5 cm³/mol. The summed E-state index contributed by atoms with van der Waals surface area (Å²) in [7, 11) is 0. The Kier molecular flexibility index (Phi) is 16.0. The van der Waals surface area contributed by atoms with E-state index in [1.54, 1.807) is 0 Å². The number of rotatable bonds is 12. The van der Waals surface area contributed by atoms with Crippen molar-refractivity contribution < 1.29 is 0 Å². The van der Waals surface area contributed by atoms with Crippen molar-refractivity contribution >= 4 is 0 Å². The van der Waals surface area contributed by atoms with Crippen LogP contribution in [0.4, 0.5) is 0 Å². The fourth-order valence-corrected chi connectivity index (χ4v) is 1.73. The average Bonchev–Trinajstić information content (AvgIpc) is 2.43. The molecule has 0 nitrogen and oxygen atoms in total. The highest BCUT2D eigenvalue weighted by Crippen LogP contribution is 2.00. The molecule has 0 aromatic carbocycles. The SMILES string of the molecule is CCC/C=C/C/C=C\C/C=C/C/C=C/CCCCC. The van der Waals surface area contributed by atoms with Crippen LogP contribution in [-0.2, 0) is 0 Å². The van der Waals surface area contributed by atoms with Crippen LogP contribution in [0.2, 0.25) is 0 Å². The zero-order valence-electron chi connectivity index (χ0n) is 13.0. The molecule has 0 aliphatic carbocycles. The molecule has 108 valence electrons. The van der Waals surface area contributed by atoms with Gasteiger partial charge in [0.1, 0.15) is 0 Å². The molecule has 0 atom stereocenters. The normalized spacial score (nSPS) is 12.7. The Morgan fingerprint density at radius 2 is 0.947 bits per heavy atom. The van der Waals surface area contributed by atoms with E-state index in [-0.39, 0.29) is 0 Å². The molecular formula is C19H32. The maximum absolute atomic E-state index is 2.31. The van der Waals surface area contributed by atoms with Crippen molar-refractivity contribution in [2.75, 3.05) is 0 Å². The maximum atomic E-state index is 2.31. The van der Waals surface area contributed by atoms with E-state index < -0.39 is 0 Å². The van der Waals surface area contributed by atoms with E-state index in [1.807, 2.05) is 0 Å². The molecule has 0 spiro atoms. The van der Waals surface area contributed by atoms with Gasteiger partial charge in [-0.2, -0.15) is 0 Å². The van der Waals surface area contributed by atoms with Crippen LogP contribution < -0.4 is 0 Å². The van der Waals surface area contributed by atoms with E-state index in [4.69, 9.17) is 0 Å². The zero-order chi connectivity index (χ0) is 14.0. The van der Waals surface area contributed by atoms with Gasteiger partial charge in [0.05, 0.1) is 0 Å². The molecule has 0 aromatic heterocycles. The third kappa shape index (κ3) is 17.0. The van der Waals surface area contributed by atoms with Crippen LogP contribution in [0.5, 0.6) is 0 Å². The van der Waals surface area contributed by atoms with Gasteiger partial charge >= 0.3 is 0 Å². The monoisotopic (exact) mass is 260 g/mol. The highest BCUT2D eigenvalue weighted by molar-refractivity contribution is 4.99. The molecule has 0 saturated carbocycles. The average molecular weight is 260 g/mol. The Morgan fingerprint density at radius 3 is 1.42 bits per heavy atom. The lowest BCUT2D eigenvalue weighted by molar-refractivity contribution is 0.728. The van der Waals surface area contributed by atoms with Crippen LogP contribution in [0.1, 0.15) is 71.6 Å². The van der Waals surface area contributed by atoms with Crippen molar-refractivity contribution in [3.8, 4) is 0 Å². The van der Waals surface area contributed by atoms with E-state index in [0.717, 1.165) is 19.3 Å². The lowest BCUT2D eigenvalue weighted by Gasteiger charge is -1.90. The second-order valence-electron chi connectivity index (χ2n) is 4.88. The maximum Gasteiger partial charge on any atom is -0.0169 e. The highest BCUT2D eigenvalue weighted by atomic mass is 13.9. The van der Waals surface area contributed by atoms with Gasteiger partial charge in [-0.05, 0) is 38.5 Å². The molecular weight excluding hydrogens is 228 g/mol. The molecule has 0 aliphatic rings. The van der Waals surface area contributed by atoms with Gasteiger partial charge in [-0.25, -0.2) is 0 Å². The summed E-state index contributed by atoms with van der Waals surface area (Å²) in [5.74, 6) is 0. The quantitative estimate of drug-likeness (QED) is 0.268. The summed E-state index contributed by atoms with van der Waals surface area (Å²) in [5, 5.41) is 0. The van der Waals surface area contributed by atoms with Crippen molar-refractivity contribution in [2.24, 2.45) is 0 Å². The molecule has 0 heterocycles. The second-order valence-corrected chi connectivity index (χ2v) is 4.88. The van der Waals surface area contributed by atoms with Crippen molar-refractivity contribution in [1.29, 1.82) is 0 Å². The van der Waals surface area contributed by atoms with Crippen LogP contribution in [0.3, 0.4) is 0 Å². The van der Waals surface area contributed by atoms with Gasteiger partial charge in [-0.1, -0.05) is 81.7 Å². The standard InChI is InChI=1S/C19H32/c1-3-5-7-9-11-13-15-17-19-18-16-14-12-10-8-6-4-2/h7,9,12-15,18-19H,3-6,8,10-11,16-17H2,1-2H3/b9-7+,14-12+,15-13-,19-18+. The number of hydrogen-bond acceptors (Lipinski definition) is 0. The Hall–Kier alpha value is -1.04. The molecule has 0 rings (SSSR count). The van der Waals surface area contributed by atoms with E-state index in [1.165, 1.54) is 38.5 Å². The van der Waals surface area contributed by atoms with E-state index in [2.05, 4.69) is 62.5 Å². The Morgan fingerprint density at radius 1 is 0.474 bits per heavy atom. The first-order valence-corrected chi connectivity index (χ1v) is 8.01. The Bertz CT molecular complexity index is 266. The second kappa shape index (κ2) is 17.0. The summed E-state index contributed by atoms with van der Waals surface area (Å²) in [4.78, 5) is 0. The molecule has 0 heteroatoms. The van der Waals surface area contributed by atoms with Crippen LogP contribution in [-0.4, -0.2) is 0 Å². The predicted octanol–water partition coefficient (Wildman–Crippen LogP) is 6.76. The lowest BCUT2D eigenvalue weighted by Crippen LogP contribution is -1.70. The lowest BCUT2D eigenvalue weighted by atomic mass is 10.2. The van der Waals surface area contributed by atoms with Gasteiger partial charge in [0.25, 0.3) is 0 Å². The summed E-state index contributed by atoms with van der Waals surface area (Å²) >= 11 is 0. The van der Waals surface area contributed by atoms with Gasteiger partial charge in [0.2, 0.25) is 0 Å². The van der Waals surface area contributed by atoms with Gasteiger partial charge in [0, 0.05) is 0 Å². The topological polar surface area (TPSA) is 0 Å². The third-order valence-electron chi connectivity index (χ3n) is 2.91. The molecule has 0 radical (unpaired) electrons. The molecule has 0 saturated heterocycles. The summed E-state index contributed by atoms with van der Waals surface area (Å²) < 4.78 is 0. The van der Waals surface area contributed by atoms with E-state index >= 15 is 0 Å². The third-order valence-corrected chi connectivity index (χ3v) is 2.91. The van der Waals surface area contributed by atoms with Crippen molar-refractivity contribution in [1.82, 2.24) is 0 Å². The van der Waals surface area contributed by atoms with Crippen LogP contribution in [0.25, 0.3) is 0 Å². The molecule has 0 bridgehead atoms. The van der Waals surface area contributed by atoms with Crippen molar-refractivity contribution in [3.63, 3.8) is 0 Å². The van der Waals surface area contributed by atoms with Crippen LogP contribution in [0, 0.1) is 0 Å². The van der Waals surface area contributed by atoms with E-state index in [0.29, 0.717) is 0 Å².